The van der Waals surface area contributed by atoms with Gasteiger partial charge < -0.3 is 9.80 Å². The molecule has 1 unspecified atom stereocenters. The zero-order chi connectivity index (χ0) is 16.2. The lowest BCUT2D eigenvalue weighted by atomic mass is 9.99. The molecule has 2 aliphatic heterocycles. The Morgan fingerprint density at radius 3 is 2.43 bits per heavy atom. The SMILES string of the molecule is CC1CCCN(Cc2ccc(C(=O)N3CCN(C)CC3)cc2)C1. The summed E-state index contributed by atoms with van der Waals surface area (Å²) in [5, 5.41) is 0. The molecule has 0 saturated carbocycles. The summed E-state index contributed by atoms with van der Waals surface area (Å²) in [5.74, 6) is 0.984. The number of nitrogens with zero attached hydrogens (tertiary/aromatic N) is 3. The second-order valence-corrected chi connectivity index (χ2v) is 7.27. The van der Waals surface area contributed by atoms with Crippen LogP contribution in [-0.2, 0) is 6.54 Å². The summed E-state index contributed by atoms with van der Waals surface area (Å²) >= 11 is 0. The van der Waals surface area contributed by atoms with Gasteiger partial charge >= 0.3 is 0 Å². The smallest absolute Gasteiger partial charge is 0.253 e. The van der Waals surface area contributed by atoms with Gasteiger partial charge in [-0.15, -0.1) is 0 Å². The first-order chi connectivity index (χ1) is 11.1. The van der Waals surface area contributed by atoms with Crippen LogP contribution in [0.5, 0.6) is 0 Å². The second-order valence-electron chi connectivity index (χ2n) is 7.27. The molecule has 1 aromatic rings. The molecule has 4 heteroatoms. The fourth-order valence-electron chi connectivity index (χ4n) is 3.63. The second kappa shape index (κ2) is 7.45. The molecule has 1 atom stereocenters. The fraction of sp³-hybridized carbons (Fsp3) is 0.632. The highest BCUT2D eigenvalue weighted by molar-refractivity contribution is 5.94. The van der Waals surface area contributed by atoms with Gasteiger partial charge in [-0.2, -0.15) is 0 Å². The van der Waals surface area contributed by atoms with Crippen molar-refractivity contribution < 1.29 is 4.79 Å². The van der Waals surface area contributed by atoms with E-state index in [2.05, 4.69) is 35.9 Å². The summed E-state index contributed by atoms with van der Waals surface area (Å²) in [5.41, 5.74) is 2.14. The molecule has 0 aromatic heterocycles. The Labute approximate surface area is 140 Å². The van der Waals surface area contributed by atoms with Crippen LogP contribution in [0.2, 0.25) is 0 Å². The lowest BCUT2D eigenvalue weighted by molar-refractivity contribution is 0.0664. The molecular weight excluding hydrogens is 286 g/mol. The molecule has 0 bridgehead atoms. The van der Waals surface area contributed by atoms with Crippen molar-refractivity contribution in [2.45, 2.75) is 26.3 Å². The molecule has 4 nitrogen and oxygen atoms in total. The molecule has 2 aliphatic rings. The number of carbonyl (C=O) groups excluding carboxylic acids is 1. The number of amides is 1. The van der Waals surface area contributed by atoms with E-state index in [-0.39, 0.29) is 5.91 Å². The average Bonchev–Trinajstić information content (AvgIpc) is 2.56. The number of hydrogen-bond acceptors (Lipinski definition) is 3. The standard InChI is InChI=1S/C19H29N3O/c1-16-4-3-9-21(14-16)15-17-5-7-18(8-6-17)19(23)22-12-10-20(2)11-13-22/h5-8,16H,3-4,9-15H2,1-2H3. The first-order valence-corrected chi connectivity index (χ1v) is 8.91. The van der Waals surface area contributed by atoms with Crippen molar-refractivity contribution in [3.63, 3.8) is 0 Å². The lowest BCUT2D eigenvalue weighted by Gasteiger charge is -2.32. The van der Waals surface area contributed by atoms with Crippen LogP contribution in [0.4, 0.5) is 0 Å². The van der Waals surface area contributed by atoms with Crippen molar-refractivity contribution >= 4 is 5.91 Å². The van der Waals surface area contributed by atoms with E-state index in [1.165, 1.54) is 31.5 Å². The van der Waals surface area contributed by atoms with Crippen LogP contribution in [0.3, 0.4) is 0 Å². The Balaban J connectivity index is 1.57. The summed E-state index contributed by atoms with van der Waals surface area (Å²) in [6.07, 6.45) is 2.66. The summed E-state index contributed by atoms with van der Waals surface area (Å²) in [4.78, 5) is 19.3. The van der Waals surface area contributed by atoms with Crippen molar-refractivity contribution in [3.8, 4) is 0 Å². The Hall–Kier alpha value is -1.39. The van der Waals surface area contributed by atoms with E-state index in [4.69, 9.17) is 0 Å². The molecular formula is C19H29N3O. The van der Waals surface area contributed by atoms with Crippen molar-refractivity contribution in [3.05, 3.63) is 35.4 Å². The van der Waals surface area contributed by atoms with Crippen molar-refractivity contribution in [2.75, 3.05) is 46.3 Å². The quantitative estimate of drug-likeness (QED) is 0.856. The maximum Gasteiger partial charge on any atom is 0.253 e. The predicted octanol–water partition coefficient (Wildman–Crippen LogP) is 2.31. The van der Waals surface area contributed by atoms with Gasteiger partial charge in [-0.3, -0.25) is 9.69 Å². The highest BCUT2D eigenvalue weighted by Crippen LogP contribution is 2.18. The summed E-state index contributed by atoms with van der Waals surface area (Å²) in [7, 11) is 2.11. The van der Waals surface area contributed by atoms with E-state index >= 15 is 0 Å². The molecule has 0 radical (unpaired) electrons. The van der Waals surface area contributed by atoms with Crippen LogP contribution < -0.4 is 0 Å². The summed E-state index contributed by atoms with van der Waals surface area (Å²) in [6, 6.07) is 8.26. The van der Waals surface area contributed by atoms with Gasteiger partial charge in [0.25, 0.3) is 5.91 Å². The monoisotopic (exact) mass is 315 g/mol. The normalized spacial score (nSPS) is 23.9. The van der Waals surface area contributed by atoms with Gasteiger partial charge in [0, 0.05) is 44.8 Å². The van der Waals surface area contributed by atoms with Crippen LogP contribution in [-0.4, -0.2) is 66.9 Å². The number of piperidine rings is 1. The van der Waals surface area contributed by atoms with Gasteiger partial charge in [0.15, 0.2) is 0 Å². The van der Waals surface area contributed by atoms with E-state index < -0.39 is 0 Å². The van der Waals surface area contributed by atoms with E-state index in [0.717, 1.165) is 44.2 Å². The Bertz CT molecular complexity index is 520. The summed E-state index contributed by atoms with van der Waals surface area (Å²) < 4.78 is 0. The van der Waals surface area contributed by atoms with Gasteiger partial charge in [-0.05, 0) is 50.0 Å². The number of hydrogen-bond donors (Lipinski definition) is 0. The Kier molecular flexibility index (Phi) is 5.34. The van der Waals surface area contributed by atoms with Crippen molar-refractivity contribution in [1.29, 1.82) is 0 Å². The number of carbonyl (C=O) groups is 1. The zero-order valence-electron chi connectivity index (χ0n) is 14.5. The minimum Gasteiger partial charge on any atom is -0.336 e. The Morgan fingerprint density at radius 1 is 1.09 bits per heavy atom. The van der Waals surface area contributed by atoms with Crippen molar-refractivity contribution in [1.82, 2.24) is 14.7 Å². The largest absolute Gasteiger partial charge is 0.336 e. The van der Waals surface area contributed by atoms with Gasteiger partial charge in [-0.25, -0.2) is 0 Å². The molecule has 1 amide bonds. The molecule has 1 aromatic carbocycles. The Morgan fingerprint density at radius 2 is 1.78 bits per heavy atom. The van der Waals surface area contributed by atoms with Crippen LogP contribution in [0.25, 0.3) is 0 Å². The lowest BCUT2D eigenvalue weighted by Crippen LogP contribution is -2.47. The third kappa shape index (κ3) is 4.33. The highest BCUT2D eigenvalue weighted by Gasteiger charge is 2.20. The zero-order valence-corrected chi connectivity index (χ0v) is 14.5. The topological polar surface area (TPSA) is 26.8 Å². The molecule has 126 valence electrons. The highest BCUT2D eigenvalue weighted by atomic mass is 16.2. The molecule has 0 N–H and O–H groups in total. The molecule has 2 saturated heterocycles. The van der Waals surface area contributed by atoms with Crippen molar-refractivity contribution in [2.24, 2.45) is 5.92 Å². The van der Waals surface area contributed by atoms with E-state index in [0.29, 0.717) is 0 Å². The number of likely N-dealkylation sites (N-methyl/N-ethyl adjacent to an activating group) is 1. The van der Waals surface area contributed by atoms with Gasteiger partial charge in [-0.1, -0.05) is 19.1 Å². The molecule has 2 heterocycles. The molecule has 3 rings (SSSR count). The first kappa shape index (κ1) is 16.5. The first-order valence-electron chi connectivity index (χ1n) is 8.91. The molecule has 0 aliphatic carbocycles. The van der Waals surface area contributed by atoms with E-state index in [1.54, 1.807) is 0 Å². The van der Waals surface area contributed by atoms with Gasteiger partial charge in [0.1, 0.15) is 0 Å². The molecule has 23 heavy (non-hydrogen) atoms. The van der Waals surface area contributed by atoms with Crippen LogP contribution in [0.1, 0.15) is 35.7 Å². The van der Waals surface area contributed by atoms with E-state index in [1.807, 2.05) is 17.0 Å². The molecule has 2 fully saturated rings. The molecule has 0 spiro atoms. The summed E-state index contributed by atoms with van der Waals surface area (Å²) in [6.45, 7) is 9.35. The van der Waals surface area contributed by atoms with Crippen LogP contribution in [0.15, 0.2) is 24.3 Å². The minimum atomic E-state index is 0.177. The maximum atomic E-state index is 12.5. The number of piperazine rings is 1. The van der Waals surface area contributed by atoms with Gasteiger partial charge in [0.05, 0.1) is 0 Å². The third-order valence-corrected chi connectivity index (χ3v) is 5.14. The third-order valence-electron chi connectivity index (χ3n) is 5.14. The van der Waals surface area contributed by atoms with Gasteiger partial charge in [0.2, 0.25) is 0 Å². The minimum absolute atomic E-state index is 0.177. The number of benzene rings is 1. The number of rotatable bonds is 3. The fourth-order valence-corrected chi connectivity index (χ4v) is 3.63. The van der Waals surface area contributed by atoms with E-state index in [9.17, 15) is 4.79 Å². The predicted molar refractivity (Wildman–Crippen MR) is 93.5 cm³/mol. The van der Waals surface area contributed by atoms with Crippen LogP contribution >= 0.6 is 0 Å². The number of likely N-dealkylation sites (tertiary alicyclic amines) is 1. The maximum absolute atomic E-state index is 12.5. The average molecular weight is 315 g/mol. The van der Waals surface area contributed by atoms with Crippen LogP contribution in [0, 0.1) is 5.92 Å².